The molecule has 0 radical (unpaired) electrons. The molecular weight excluding hydrogens is 290 g/mol. The molecule has 0 unspecified atom stereocenters. The van der Waals surface area contributed by atoms with Crippen LogP contribution in [0.1, 0.15) is 10.4 Å². The van der Waals surface area contributed by atoms with E-state index in [9.17, 15) is 4.79 Å². The SMILES string of the molecule is Nc1cc(N)nc(Sc2cc(C(=O)O)c(Cl)cn2)n1. The Bertz CT molecular complexity index is 632. The molecule has 0 fully saturated rings. The summed E-state index contributed by atoms with van der Waals surface area (Å²) in [6.45, 7) is 0. The van der Waals surface area contributed by atoms with Gasteiger partial charge in [0.1, 0.15) is 16.7 Å². The highest BCUT2D eigenvalue weighted by Gasteiger charge is 2.12. The first-order chi connectivity index (χ1) is 8.95. The van der Waals surface area contributed by atoms with Crippen LogP contribution in [-0.2, 0) is 0 Å². The molecule has 0 aliphatic carbocycles. The van der Waals surface area contributed by atoms with E-state index < -0.39 is 5.97 Å². The molecule has 0 aliphatic heterocycles. The molecule has 19 heavy (non-hydrogen) atoms. The Morgan fingerprint density at radius 1 is 1.26 bits per heavy atom. The Hall–Kier alpha value is -2.06. The van der Waals surface area contributed by atoms with Crippen LogP contribution in [0.5, 0.6) is 0 Å². The number of pyridine rings is 1. The zero-order chi connectivity index (χ0) is 14.0. The van der Waals surface area contributed by atoms with Crippen molar-refractivity contribution in [3.8, 4) is 0 Å². The van der Waals surface area contributed by atoms with Gasteiger partial charge in [0.05, 0.1) is 10.6 Å². The van der Waals surface area contributed by atoms with Crippen LogP contribution in [0.3, 0.4) is 0 Å². The molecule has 0 saturated heterocycles. The zero-order valence-electron chi connectivity index (χ0n) is 9.37. The summed E-state index contributed by atoms with van der Waals surface area (Å²) in [4.78, 5) is 22.8. The minimum atomic E-state index is -1.14. The van der Waals surface area contributed by atoms with Crippen LogP contribution in [0.25, 0.3) is 0 Å². The van der Waals surface area contributed by atoms with Gasteiger partial charge in [0, 0.05) is 12.3 Å². The molecule has 2 aromatic rings. The van der Waals surface area contributed by atoms with Crippen LogP contribution in [0.4, 0.5) is 11.6 Å². The fourth-order valence-corrected chi connectivity index (χ4v) is 2.20. The Kier molecular flexibility index (Phi) is 3.72. The van der Waals surface area contributed by atoms with Gasteiger partial charge in [-0.2, -0.15) is 0 Å². The largest absolute Gasteiger partial charge is 0.478 e. The van der Waals surface area contributed by atoms with Gasteiger partial charge in [-0.3, -0.25) is 0 Å². The van der Waals surface area contributed by atoms with Crippen molar-refractivity contribution < 1.29 is 9.90 Å². The lowest BCUT2D eigenvalue weighted by atomic mass is 10.3. The maximum atomic E-state index is 10.9. The van der Waals surface area contributed by atoms with Gasteiger partial charge in [-0.15, -0.1) is 0 Å². The van der Waals surface area contributed by atoms with Gasteiger partial charge >= 0.3 is 5.97 Å². The summed E-state index contributed by atoms with van der Waals surface area (Å²) >= 11 is 6.76. The summed E-state index contributed by atoms with van der Waals surface area (Å²) in [6.07, 6.45) is 1.25. The lowest BCUT2D eigenvalue weighted by Gasteiger charge is -2.04. The number of aromatic carboxylic acids is 1. The Labute approximate surface area is 117 Å². The van der Waals surface area contributed by atoms with Crippen molar-refractivity contribution in [3.05, 3.63) is 28.9 Å². The Morgan fingerprint density at radius 2 is 1.89 bits per heavy atom. The molecule has 2 rings (SSSR count). The standard InChI is InChI=1S/C10H8ClN5O2S/c11-5-3-14-8(1-4(5)9(17)18)19-10-15-6(12)2-7(13)16-10/h1-3H,(H,17,18)(H4,12,13,15,16). The Balaban J connectivity index is 2.33. The fraction of sp³-hybridized carbons (Fsp3) is 0. The number of carboxylic acids is 1. The average Bonchev–Trinajstić information content (AvgIpc) is 2.30. The molecule has 2 aromatic heterocycles. The van der Waals surface area contributed by atoms with E-state index in [4.69, 9.17) is 28.2 Å². The molecule has 2 heterocycles. The van der Waals surface area contributed by atoms with Crippen LogP contribution in [0.2, 0.25) is 5.02 Å². The van der Waals surface area contributed by atoms with E-state index in [2.05, 4.69) is 15.0 Å². The minimum Gasteiger partial charge on any atom is -0.478 e. The maximum Gasteiger partial charge on any atom is 0.337 e. The topological polar surface area (TPSA) is 128 Å². The first-order valence-corrected chi connectivity index (χ1v) is 6.12. The van der Waals surface area contributed by atoms with Crippen LogP contribution in [0, 0.1) is 0 Å². The molecule has 0 aliphatic rings. The number of carbonyl (C=O) groups is 1. The van der Waals surface area contributed by atoms with Gasteiger partial charge in [0.2, 0.25) is 0 Å². The maximum absolute atomic E-state index is 10.9. The third kappa shape index (κ3) is 3.24. The van der Waals surface area contributed by atoms with Gasteiger partial charge < -0.3 is 16.6 Å². The fourth-order valence-electron chi connectivity index (χ4n) is 1.24. The molecule has 0 amide bonds. The van der Waals surface area contributed by atoms with E-state index in [1.54, 1.807) is 0 Å². The minimum absolute atomic E-state index is 0.0453. The van der Waals surface area contributed by atoms with E-state index in [1.165, 1.54) is 18.3 Å². The predicted molar refractivity (Wildman–Crippen MR) is 71.2 cm³/mol. The molecule has 0 atom stereocenters. The van der Waals surface area contributed by atoms with Gasteiger partial charge in [-0.05, 0) is 17.8 Å². The van der Waals surface area contributed by atoms with Crippen molar-refractivity contribution in [2.45, 2.75) is 10.2 Å². The number of nitrogen functional groups attached to an aromatic ring is 2. The Morgan fingerprint density at radius 3 is 2.47 bits per heavy atom. The van der Waals surface area contributed by atoms with Gasteiger partial charge in [0.15, 0.2) is 5.16 Å². The summed E-state index contributed by atoms with van der Waals surface area (Å²) in [5.74, 6) is -0.688. The zero-order valence-corrected chi connectivity index (χ0v) is 10.9. The van der Waals surface area contributed by atoms with E-state index in [0.717, 1.165) is 11.8 Å². The lowest BCUT2D eigenvalue weighted by molar-refractivity contribution is 0.0696. The first-order valence-electron chi connectivity index (χ1n) is 4.92. The van der Waals surface area contributed by atoms with Gasteiger partial charge in [-0.1, -0.05) is 11.6 Å². The van der Waals surface area contributed by atoms with Gasteiger partial charge in [-0.25, -0.2) is 19.7 Å². The summed E-state index contributed by atoms with van der Waals surface area (Å²) in [5.41, 5.74) is 11.0. The molecule has 7 nitrogen and oxygen atoms in total. The number of nitrogens with zero attached hydrogens (tertiary/aromatic N) is 3. The average molecular weight is 298 g/mol. The second-order valence-electron chi connectivity index (χ2n) is 3.41. The summed E-state index contributed by atoms with van der Waals surface area (Å²) < 4.78 is 0. The third-order valence-electron chi connectivity index (χ3n) is 2.00. The highest BCUT2D eigenvalue weighted by Crippen LogP contribution is 2.27. The summed E-state index contributed by atoms with van der Waals surface area (Å²) in [5, 5.41) is 9.67. The molecule has 0 aromatic carbocycles. The number of halogens is 1. The molecule has 98 valence electrons. The number of rotatable bonds is 3. The summed E-state index contributed by atoms with van der Waals surface area (Å²) in [6, 6.07) is 2.75. The highest BCUT2D eigenvalue weighted by atomic mass is 35.5. The monoisotopic (exact) mass is 297 g/mol. The number of anilines is 2. The van der Waals surface area contributed by atoms with E-state index in [1.807, 2.05) is 0 Å². The van der Waals surface area contributed by atoms with Crippen LogP contribution >= 0.6 is 23.4 Å². The molecular formula is C10H8ClN5O2S. The van der Waals surface area contributed by atoms with E-state index in [-0.39, 0.29) is 27.4 Å². The highest BCUT2D eigenvalue weighted by molar-refractivity contribution is 7.99. The second kappa shape index (κ2) is 5.29. The van der Waals surface area contributed by atoms with Crippen LogP contribution in [-0.4, -0.2) is 26.0 Å². The van der Waals surface area contributed by atoms with Crippen molar-refractivity contribution >= 4 is 41.0 Å². The second-order valence-corrected chi connectivity index (χ2v) is 4.80. The van der Waals surface area contributed by atoms with Crippen LogP contribution in [0.15, 0.2) is 28.5 Å². The molecule has 9 heteroatoms. The summed E-state index contributed by atoms with van der Waals surface area (Å²) in [7, 11) is 0. The van der Waals surface area contributed by atoms with Crippen molar-refractivity contribution in [3.63, 3.8) is 0 Å². The van der Waals surface area contributed by atoms with Crippen molar-refractivity contribution in [1.29, 1.82) is 0 Å². The lowest BCUT2D eigenvalue weighted by Crippen LogP contribution is -2.01. The quantitative estimate of drug-likeness (QED) is 0.728. The molecule has 0 bridgehead atoms. The predicted octanol–water partition coefficient (Wildman–Crippen LogP) is 1.54. The number of hydrogen-bond acceptors (Lipinski definition) is 7. The molecule has 0 spiro atoms. The van der Waals surface area contributed by atoms with Gasteiger partial charge in [0.25, 0.3) is 0 Å². The smallest absolute Gasteiger partial charge is 0.337 e. The normalized spacial score (nSPS) is 10.4. The number of hydrogen-bond donors (Lipinski definition) is 3. The number of carboxylic acid groups (broad SMARTS) is 1. The van der Waals surface area contributed by atoms with Crippen LogP contribution < -0.4 is 11.5 Å². The molecule has 5 N–H and O–H groups in total. The number of nitrogens with two attached hydrogens (primary N) is 2. The first kappa shape index (κ1) is 13.4. The number of aromatic nitrogens is 3. The third-order valence-corrected chi connectivity index (χ3v) is 3.10. The van der Waals surface area contributed by atoms with E-state index in [0.29, 0.717) is 5.03 Å². The van der Waals surface area contributed by atoms with E-state index >= 15 is 0 Å². The van der Waals surface area contributed by atoms with Crippen molar-refractivity contribution in [2.75, 3.05) is 11.5 Å². The van der Waals surface area contributed by atoms with Crippen molar-refractivity contribution in [1.82, 2.24) is 15.0 Å². The molecule has 0 saturated carbocycles. The van der Waals surface area contributed by atoms with Crippen molar-refractivity contribution in [2.24, 2.45) is 0 Å².